The van der Waals surface area contributed by atoms with Gasteiger partial charge in [-0.15, -0.1) is 0 Å². The molecule has 0 spiro atoms. The van der Waals surface area contributed by atoms with Crippen molar-refractivity contribution in [3.05, 3.63) is 53.2 Å². The molecule has 1 amide bonds. The molecule has 1 aromatic carbocycles. The lowest BCUT2D eigenvalue weighted by atomic mass is 10.1. The summed E-state index contributed by atoms with van der Waals surface area (Å²) in [5.74, 6) is -1.16. The Labute approximate surface area is 114 Å². The number of aryl methyl sites for hydroxylation is 1. The Kier molecular flexibility index (Phi) is 3.65. The maximum absolute atomic E-state index is 11.3. The predicted octanol–water partition coefficient (Wildman–Crippen LogP) is 1.98. The van der Waals surface area contributed by atoms with Crippen LogP contribution in [0, 0.1) is 6.92 Å². The number of primary amides is 1. The molecule has 2 aromatic rings. The van der Waals surface area contributed by atoms with Crippen LogP contribution in [-0.4, -0.2) is 22.0 Å². The van der Waals surface area contributed by atoms with Gasteiger partial charge in [0.25, 0.3) is 5.91 Å². The molecule has 0 atom stereocenters. The number of carbonyl (C=O) groups excluding carboxylic acids is 1. The molecule has 20 heavy (non-hydrogen) atoms. The first-order valence-corrected chi connectivity index (χ1v) is 5.75. The number of aromatic carboxylic acids is 1. The third kappa shape index (κ3) is 2.74. The lowest BCUT2D eigenvalue weighted by molar-refractivity contribution is 0.0696. The molecular formula is C14H12N2O4. The highest BCUT2D eigenvalue weighted by atomic mass is 16.5. The number of rotatable bonds is 4. The van der Waals surface area contributed by atoms with E-state index in [0.29, 0.717) is 11.3 Å². The third-order valence-corrected chi connectivity index (χ3v) is 2.67. The number of pyridine rings is 1. The van der Waals surface area contributed by atoms with Gasteiger partial charge < -0.3 is 15.6 Å². The Hall–Kier alpha value is -2.89. The number of carbonyl (C=O) groups is 2. The summed E-state index contributed by atoms with van der Waals surface area (Å²) in [7, 11) is 0. The van der Waals surface area contributed by atoms with Gasteiger partial charge in [0.15, 0.2) is 0 Å². The van der Waals surface area contributed by atoms with Gasteiger partial charge in [0, 0.05) is 6.20 Å². The van der Waals surface area contributed by atoms with E-state index in [-0.39, 0.29) is 17.0 Å². The molecule has 3 N–H and O–H groups in total. The monoisotopic (exact) mass is 272 g/mol. The largest absolute Gasteiger partial charge is 0.478 e. The van der Waals surface area contributed by atoms with Crippen molar-refractivity contribution in [2.45, 2.75) is 6.92 Å². The second kappa shape index (κ2) is 5.40. The van der Waals surface area contributed by atoms with Crippen LogP contribution in [0.1, 0.15) is 26.3 Å². The first-order valence-electron chi connectivity index (χ1n) is 5.75. The molecule has 6 nitrogen and oxygen atoms in total. The van der Waals surface area contributed by atoms with Crippen molar-refractivity contribution in [2.75, 3.05) is 0 Å². The highest BCUT2D eigenvalue weighted by Gasteiger charge is 2.13. The number of hydrogen-bond donors (Lipinski definition) is 2. The Bertz CT molecular complexity index is 683. The van der Waals surface area contributed by atoms with Crippen molar-refractivity contribution in [2.24, 2.45) is 5.73 Å². The summed E-state index contributed by atoms with van der Waals surface area (Å²) in [6.45, 7) is 1.70. The normalized spacial score (nSPS) is 10.1. The fraction of sp³-hybridized carbons (Fsp3) is 0.0714. The number of amides is 1. The van der Waals surface area contributed by atoms with Gasteiger partial charge >= 0.3 is 5.97 Å². The molecule has 0 aliphatic carbocycles. The molecule has 0 radical (unpaired) electrons. The minimum absolute atomic E-state index is 0.0891. The average Bonchev–Trinajstić information content (AvgIpc) is 2.41. The van der Waals surface area contributed by atoms with Gasteiger partial charge in [-0.3, -0.25) is 4.79 Å². The quantitative estimate of drug-likeness (QED) is 0.885. The Balaban J connectivity index is 2.36. The van der Waals surface area contributed by atoms with Gasteiger partial charge in [0.05, 0.1) is 5.56 Å². The minimum Gasteiger partial charge on any atom is -0.478 e. The summed E-state index contributed by atoms with van der Waals surface area (Å²) in [6, 6.07) is 7.49. The van der Waals surface area contributed by atoms with Crippen molar-refractivity contribution in [1.29, 1.82) is 0 Å². The number of nitrogens with two attached hydrogens (primary N) is 1. The van der Waals surface area contributed by atoms with Crippen LogP contribution in [0.3, 0.4) is 0 Å². The van der Waals surface area contributed by atoms with Crippen LogP contribution in [-0.2, 0) is 0 Å². The lowest BCUT2D eigenvalue weighted by Gasteiger charge is -2.10. The number of carboxylic acids is 1. The third-order valence-electron chi connectivity index (χ3n) is 2.67. The highest BCUT2D eigenvalue weighted by Crippen LogP contribution is 2.26. The smallest absolute Gasteiger partial charge is 0.335 e. The fourth-order valence-corrected chi connectivity index (χ4v) is 1.66. The number of carboxylic acid groups (broad SMARTS) is 1. The van der Waals surface area contributed by atoms with Crippen molar-refractivity contribution < 1.29 is 19.4 Å². The van der Waals surface area contributed by atoms with Gasteiger partial charge in [-0.05, 0) is 42.8 Å². The van der Waals surface area contributed by atoms with Crippen LogP contribution in [0.2, 0.25) is 0 Å². The Morgan fingerprint density at radius 1 is 1.30 bits per heavy atom. The summed E-state index contributed by atoms with van der Waals surface area (Å²) >= 11 is 0. The summed E-state index contributed by atoms with van der Waals surface area (Å²) < 4.78 is 5.53. The lowest BCUT2D eigenvalue weighted by Crippen LogP contribution is -2.13. The van der Waals surface area contributed by atoms with E-state index in [4.69, 9.17) is 15.6 Å². The summed E-state index contributed by atoms with van der Waals surface area (Å²) in [4.78, 5) is 26.1. The number of aromatic nitrogens is 1. The number of ether oxygens (including phenoxy) is 1. The van der Waals surface area contributed by atoms with Gasteiger partial charge in [0.2, 0.25) is 5.88 Å². The van der Waals surface area contributed by atoms with E-state index in [0.717, 1.165) is 0 Å². The second-order valence-corrected chi connectivity index (χ2v) is 4.11. The van der Waals surface area contributed by atoms with Gasteiger partial charge in [-0.1, -0.05) is 0 Å². The van der Waals surface area contributed by atoms with E-state index in [2.05, 4.69) is 4.98 Å². The summed E-state index contributed by atoms with van der Waals surface area (Å²) in [5, 5.41) is 8.89. The Morgan fingerprint density at radius 3 is 2.65 bits per heavy atom. The molecule has 1 aromatic heterocycles. The predicted molar refractivity (Wildman–Crippen MR) is 71.0 cm³/mol. The first-order chi connectivity index (χ1) is 9.49. The topological polar surface area (TPSA) is 103 Å². The van der Waals surface area contributed by atoms with Gasteiger partial charge in [-0.2, -0.15) is 0 Å². The number of hydrogen-bond acceptors (Lipinski definition) is 4. The standard InChI is InChI=1S/C14H12N2O4/c1-8-7-9(14(18)19)4-5-11(8)20-13-10(12(15)17)3-2-6-16-13/h2-7H,1H3,(H2,15,17)(H,18,19). The molecule has 0 aliphatic rings. The SMILES string of the molecule is Cc1cc(C(=O)O)ccc1Oc1ncccc1C(N)=O. The van der Waals surface area contributed by atoms with Crippen LogP contribution in [0.4, 0.5) is 0 Å². The van der Waals surface area contributed by atoms with Crippen LogP contribution >= 0.6 is 0 Å². The van der Waals surface area contributed by atoms with E-state index in [1.807, 2.05) is 0 Å². The van der Waals surface area contributed by atoms with Gasteiger partial charge in [0.1, 0.15) is 11.3 Å². The number of nitrogens with zero attached hydrogens (tertiary/aromatic N) is 1. The number of benzene rings is 1. The highest BCUT2D eigenvalue weighted by molar-refractivity contribution is 5.95. The first kappa shape index (κ1) is 13.5. The fourth-order valence-electron chi connectivity index (χ4n) is 1.66. The van der Waals surface area contributed by atoms with E-state index in [1.54, 1.807) is 13.0 Å². The van der Waals surface area contributed by atoms with Crippen LogP contribution < -0.4 is 10.5 Å². The average molecular weight is 272 g/mol. The van der Waals surface area contributed by atoms with Crippen molar-refractivity contribution in [3.8, 4) is 11.6 Å². The summed E-state index contributed by atoms with van der Waals surface area (Å²) in [6.07, 6.45) is 1.47. The maximum Gasteiger partial charge on any atom is 0.335 e. The van der Waals surface area contributed by atoms with Crippen molar-refractivity contribution in [1.82, 2.24) is 4.98 Å². The molecule has 0 saturated carbocycles. The zero-order valence-corrected chi connectivity index (χ0v) is 10.7. The molecule has 102 valence electrons. The van der Waals surface area contributed by atoms with Crippen molar-refractivity contribution in [3.63, 3.8) is 0 Å². The molecule has 2 rings (SSSR count). The maximum atomic E-state index is 11.3. The molecule has 6 heteroatoms. The van der Waals surface area contributed by atoms with Crippen molar-refractivity contribution >= 4 is 11.9 Å². The van der Waals surface area contributed by atoms with E-state index in [9.17, 15) is 9.59 Å². The van der Waals surface area contributed by atoms with Crippen LogP contribution in [0.5, 0.6) is 11.6 Å². The zero-order chi connectivity index (χ0) is 14.7. The molecule has 0 unspecified atom stereocenters. The van der Waals surface area contributed by atoms with E-state index < -0.39 is 11.9 Å². The summed E-state index contributed by atoms with van der Waals surface area (Å²) in [5.41, 5.74) is 6.17. The second-order valence-electron chi connectivity index (χ2n) is 4.11. The van der Waals surface area contributed by atoms with Crippen LogP contribution in [0.15, 0.2) is 36.5 Å². The molecular weight excluding hydrogens is 260 g/mol. The Morgan fingerprint density at radius 2 is 2.05 bits per heavy atom. The zero-order valence-electron chi connectivity index (χ0n) is 10.7. The van der Waals surface area contributed by atoms with Gasteiger partial charge in [-0.25, -0.2) is 9.78 Å². The van der Waals surface area contributed by atoms with E-state index in [1.165, 1.54) is 30.5 Å². The van der Waals surface area contributed by atoms with E-state index >= 15 is 0 Å². The molecule has 0 saturated heterocycles. The molecule has 1 heterocycles. The molecule has 0 aliphatic heterocycles. The molecule has 0 fully saturated rings. The molecule has 0 bridgehead atoms. The van der Waals surface area contributed by atoms with Crippen LogP contribution in [0.25, 0.3) is 0 Å². The minimum atomic E-state index is -1.02.